The number of nitrogens with zero attached hydrogens (tertiary/aromatic N) is 1. The van der Waals surface area contributed by atoms with Gasteiger partial charge in [0.05, 0.1) is 12.8 Å². The molecule has 0 aliphatic carbocycles. The van der Waals surface area contributed by atoms with E-state index in [2.05, 4.69) is 20.9 Å². The van der Waals surface area contributed by atoms with Crippen LogP contribution in [0.5, 0.6) is 0 Å². The van der Waals surface area contributed by atoms with E-state index in [0.29, 0.717) is 18.8 Å². The van der Waals surface area contributed by atoms with Crippen molar-refractivity contribution in [2.75, 3.05) is 31.9 Å². The number of hydrogen-bond donors (Lipinski definition) is 3. The van der Waals surface area contributed by atoms with Gasteiger partial charge in [0.25, 0.3) is 5.91 Å². The van der Waals surface area contributed by atoms with Crippen molar-refractivity contribution in [1.29, 1.82) is 0 Å². The van der Waals surface area contributed by atoms with Crippen LogP contribution in [0.3, 0.4) is 0 Å². The van der Waals surface area contributed by atoms with Crippen LogP contribution < -0.4 is 16.0 Å². The summed E-state index contributed by atoms with van der Waals surface area (Å²) in [7, 11) is 0. The molecule has 0 aliphatic heterocycles. The highest BCUT2D eigenvalue weighted by Gasteiger charge is 2.06. The molecule has 26 heavy (non-hydrogen) atoms. The van der Waals surface area contributed by atoms with Crippen molar-refractivity contribution in [1.82, 2.24) is 16.0 Å². The molecule has 1 amide bonds. The Bertz CT molecular complexity index is 690. The zero-order chi connectivity index (χ0) is 18.6. The third kappa shape index (κ3) is 7.41. The highest BCUT2D eigenvalue weighted by molar-refractivity contribution is 7.99. The molecule has 140 valence electrons. The summed E-state index contributed by atoms with van der Waals surface area (Å²) in [6.45, 7) is 4.48. The van der Waals surface area contributed by atoms with Crippen LogP contribution >= 0.6 is 23.4 Å². The van der Waals surface area contributed by atoms with Crippen molar-refractivity contribution in [3.8, 4) is 0 Å². The van der Waals surface area contributed by atoms with Gasteiger partial charge in [-0.15, -0.1) is 11.8 Å². The lowest BCUT2D eigenvalue weighted by Crippen LogP contribution is -2.39. The van der Waals surface area contributed by atoms with Crippen LogP contribution in [-0.2, 0) is 0 Å². The second-order valence-electron chi connectivity index (χ2n) is 5.22. The van der Waals surface area contributed by atoms with Crippen LogP contribution in [-0.4, -0.2) is 43.8 Å². The van der Waals surface area contributed by atoms with Gasteiger partial charge in [0, 0.05) is 35.3 Å². The molecule has 6 nitrogen and oxygen atoms in total. The van der Waals surface area contributed by atoms with Crippen molar-refractivity contribution in [3.05, 3.63) is 53.4 Å². The predicted molar refractivity (Wildman–Crippen MR) is 107 cm³/mol. The van der Waals surface area contributed by atoms with Gasteiger partial charge in [-0.2, -0.15) is 0 Å². The summed E-state index contributed by atoms with van der Waals surface area (Å²) in [5, 5.41) is 9.97. The minimum Gasteiger partial charge on any atom is -0.459 e. The monoisotopic (exact) mass is 394 g/mol. The van der Waals surface area contributed by atoms with Crippen molar-refractivity contribution in [3.63, 3.8) is 0 Å². The first-order chi connectivity index (χ1) is 12.7. The lowest BCUT2D eigenvalue weighted by atomic mass is 10.4. The van der Waals surface area contributed by atoms with E-state index in [1.54, 1.807) is 23.9 Å². The molecule has 1 heterocycles. The van der Waals surface area contributed by atoms with Crippen molar-refractivity contribution < 1.29 is 9.21 Å². The number of carbonyl (C=O) groups is 1. The van der Waals surface area contributed by atoms with Gasteiger partial charge in [-0.25, -0.2) is 0 Å². The largest absolute Gasteiger partial charge is 0.459 e. The van der Waals surface area contributed by atoms with Crippen molar-refractivity contribution in [2.45, 2.75) is 11.8 Å². The van der Waals surface area contributed by atoms with Crippen LogP contribution in [0.4, 0.5) is 0 Å². The number of nitrogens with one attached hydrogen (secondary N) is 3. The number of carbonyl (C=O) groups excluding carboxylic acids is 1. The number of rotatable bonds is 9. The van der Waals surface area contributed by atoms with E-state index in [4.69, 9.17) is 16.0 Å². The number of halogens is 1. The summed E-state index contributed by atoms with van der Waals surface area (Å²) >= 11 is 7.63. The molecular weight excluding hydrogens is 372 g/mol. The quantitative estimate of drug-likeness (QED) is 0.264. The summed E-state index contributed by atoms with van der Waals surface area (Å²) in [4.78, 5) is 17.4. The van der Waals surface area contributed by atoms with Crippen LogP contribution in [0.15, 0.2) is 57.0 Å². The van der Waals surface area contributed by atoms with Gasteiger partial charge in [-0.05, 0) is 43.3 Å². The first-order valence-corrected chi connectivity index (χ1v) is 9.77. The molecule has 0 atom stereocenters. The van der Waals surface area contributed by atoms with Gasteiger partial charge in [0.1, 0.15) is 0 Å². The third-order valence-electron chi connectivity index (χ3n) is 3.23. The Labute approximate surface area is 162 Å². The smallest absolute Gasteiger partial charge is 0.287 e. The zero-order valence-corrected chi connectivity index (χ0v) is 16.2. The van der Waals surface area contributed by atoms with Crippen LogP contribution in [0.2, 0.25) is 5.02 Å². The fourth-order valence-electron chi connectivity index (χ4n) is 2.04. The number of benzene rings is 1. The average molecular weight is 395 g/mol. The number of amides is 1. The highest BCUT2D eigenvalue weighted by Crippen LogP contribution is 2.19. The van der Waals surface area contributed by atoms with E-state index >= 15 is 0 Å². The number of hydrogen-bond acceptors (Lipinski definition) is 4. The van der Waals surface area contributed by atoms with E-state index < -0.39 is 0 Å². The Kier molecular flexibility index (Phi) is 8.92. The average Bonchev–Trinajstić information content (AvgIpc) is 3.18. The van der Waals surface area contributed by atoms with Crippen LogP contribution in [0, 0.1) is 0 Å². The zero-order valence-electron chi connectivity index (χ0n) is 14.6. The summed E-state index contributed by atoms with van der Waals surface area (Å²) in [6, 6.07) is 11.1. The molecule has 3 N–H and O–H groups in total. The Hall–Kier alpha value is -2.12. The second-order valence-corrected chi connectivity index (χ2v) is 6.83. The summed E-state index contributed by atoms with van der Waals surface area (Å²) in [5.41, 5.74) is 0. The van der Waals surface area contributed by atoms with E-state index in [1.165, 1.54) is 11.2 Å². The maximum Gasteiger partial charge on any atom is 0.287 e. The highest BCUT2D eigenvalue weighted by atomic mass is 35.5. The van der Waals surface area contributed by atoms with Gasteiger partial charge in [-0.1, -0.05) is 11.6 Å². The molecule has 0 unspecified atom stereocenters. The van der Waals surface area contributed by atoms with Gasteiger partial charge in [0.15, 0.2) is 11.7 Å². The summed E-state index contributed by atoms with van der Waals surface area (Å²) in [6.07, 6.45) is 1.47. The third-order valence-corrected chi connectivity index (χ3v) is 4.50. The molecule has 0 saturated heterocycles. The minimum atomic E-state index is -0.234. The van der Waals surface area contributed by atoms with E-state index in [1.807, 2.05) is 31.2 Å². The van der Waals surface area contributed by atoms with E-state index in [9.17, 15) is 4.79 Å². The van der Waals surface area contributed by atoms with Crippen molar-refractivity contribution in [2.24, 2.45) is 4.99 Å². The van der Waals surface area contributed by atoms with Gasteiger partial charge < -0.3 is 20.4 Å². The standard InChI is InChI=1S/C18H23ClN4O2S/c1-2-20-18(22-10-9-21-17(24)16-4-3-12-25-16)23-11-13-26-15-7-5-14(19)6-8-15/h3-8,12H,2,9-11,13H2,1H3,(H,21,24)(H2,20,22,23). The fraction of sp³-hybridized carbons (Fsp3) is 0.333. The maximum atomic E-state index is 11.7. The van der Waals surface area contributed by atoms with Crippen LogP contribution in [0.25, 0.3) is 0 Å². The molecule has 2 aromatic rings. The molecule has 2 rings (SSSR count). The van der Waals surface area contributed by atoms with Gasteiger partial charge in [-0.3, -0.25) is 9.79 Å². The Morgan fingerprint density at radius 3 is 2.65 bits per heavy atom. The minimum absolute atomic E-state index is 0.234. The first-order valence-electron chi connectivity index (χ1n) is 8.41. The molecule has 1 aromatic carbocycles. The Morgan fingerprint density at radius 2 is 1.96 bits per heavy atom. The number of furan rings is 1. The maximum absolute atomic E-state index is 11.7. The summed E-state index contributed by atoms with van der Waals surface area (Å²) in [5.74, 6) is 1.71. The number of guanidine groups is 1. The molecule has 0 fully saturated rings. The SMILES string of the molecule is CCNC(=NCCNC(=O)c1ccco1)NCCSc1ccc(Cl)cc1. The molecule has 0 spiro atoms. The molecule has 1 aromatic heterocycles. The second kappa shape index (κ2) is 11.5. The molecule has 0 bridgehead atoms. The lowest BCUT2D eigenvalue weighted by molar-refractivity contribution is 0.0927. The first kappa shape index (κ1) is 20.2. The van der Waals surface area contributed by atoms with E-state index in [0.717, 1.165) is 29.8 Å². The van der Waals surface area contributed by atoms with Gasteiger partial charge in [0.2, 0.25) is 0 Å². The van der Waals surface area contributed by atoms with Crippen LogP contribution in [0.1, 0.15) is 17.5 Å². The number of thioether (sulfide) groups is 1. The fourth-order valence-corrected chi connectivity index (χ4v) is 2.94. The Balaban J connectivity index is 1.67. The number of aliphatic imine (C=N–C) groups is 1. The molecule has 0 saturated carbocycles. The topological polar surface area (TPSA) is 78.7 Å². The lowest BCUT2D eigenvalue weighted by Gasteiger charge is -2.11. The molecule has 8 heteroatoms. The van der Waals surface area contributed by atoms with Gasteiger partial charge >= 0.3 is 0 Å². The molecule has 0 aliphatic rings. The van der Waals surface area contributed by atoms with Crippen molar-refractivity contribution >= 4 is 35.2 Å². The summed E-state index contributed by atoms with van der Waals surface area (Å²) < 4.78 is 5.04. The molecular formula is C18H23ClN4O2S. The predicted octanol–water partition coefficient (Wildman–Crippen LogP) is 3.01. The molecule has 0 radical (unpaired) electrons. The van der Waals surface area contributed by atoms with E-state index in [-0.39, 0.29) is 5.91 Å². The Morgan fingerprint density at radius 1 is 1.15 bits per heavy atom. The normalized spacial score (nSPS) is 11.2.